The summed E-state index contributed by atoms with van der Waals surface area (Å²) in [6, 6.07) is -0.870. The molecular weight excluding hydrogens is 1140 g/mol. The van der Waals surface area contributed by atoms with Crippen LogP contribution < -0.4 is 5.32 Å². The summed E-state index contributed by atoms with van der Waals surface area (Å²) in [5.74, 6) is -0.182. The van der Waals surface area contributed by atoms with Crippen LogP contribution in [0.15, 0.2) is 36.5 Å². The monoisotopic (exact) mass is 1300 g/mol. The van der Waals surface area contributed by atoms with Crippen molar-refractivity contribution in [1.82, 2.24) is 5.32 Å². The number of carbonyl (C=O) groups is 1. The minimum absolute atomic E-state index is 0.0556. The fourth-order valence-corrected chi connectivity index (χ4v) is 13.5. The summed E-state index contributed by atoms with van der Waals surface area (Å²) in [5, 5.41) is 14.0. The molecule has 0 spiro atoms. The fraction of sp³-hybridized carbons (Fsp3) is 0.915. The van der Waals surface area contributed by atoms with Crippen molar-refractivity contribution in [1.29, 1.82) is 0 Å². The number of hydrogen-bond donors (Lipinski definition) is 3. The predicted molar refractivity (Wildman–Crippen MR) is 401 cm³/mol. The van der Waals surface area contributed by atoms with Crippen molar-refractivity contribution in [3.05, 3.63) is 36.5 Å². The number of nitrogens with zero attached hydrogens (tertiary/aromatic N) is 1. The number of rotatable bonds is 77. The molecule has 3 unspecified atom stereocenters. The van der Waals surface area contributed by atoms with Crippen LogP contribution in [0.4, 0.5) is 0 Å². The Morgan fingerprint density at radius 2 is 0.604 bits per heavy atom. The van der Waals surface area contributed by atoms with E-state index in [9.17, 15) is 19.4 Å². The van der Waals surface area contributed by atoms with Gasteiger partial charge in [-0.3, -0.25) is 13.8 Å². The van der Waals surface area contributed by atoms with E-state index < -0.39 is 20.0 Å². The molecule has 0 bridgehead atoms. The highest BCUT2D eigenvalue weighted by Gasteiger charge is 2.28. The van der Waals surface area contributed by atoms with Gasteiger partial charge in [0.25, 0.3) is 0 Å². The molecule has 91 heavy (non-hydrogen) atoms. The van der Waals surface area contributed by atoms with Crippen LogP contribution in [-0.4, -0.2) is 73.4 Å². The third-order valence-electron chi connectivity index (χ3n) is 19.1. The lowest BCUT2D eigenvalue weighted by molar-refractivity contribution is -0.870. The average Bonchev–Trinajstić information content (AvgIpc) is 3.73. The molecule has 3 atom stereocenters. The number of phosphoric ester groups is 1. The standard InChI is InChI=1S/C82H161N2O6P/c1-6-8-10-12-14-16-18-20-22-24-26-28-30-32-34-36-37-38-39-40-41-42-43-44-45-46-47-48-50-52-54-56-58-60-62-64-66-68-70-72-74-76-82(86)83-80(79-90-91(87,88)89-78-77-84(3,4)5)81(85)75-73-71-69-67-65-63-61-59-57-55-53-51-49-35-33-31-29-27-25-23-21-19-17-15-13-11-9-7-2/h57,59,65,67,73,75,80-81,85H,6-56,58,60-64,66,68-72,74,76-79H2,1-5H3,(H-,83,86,87,88)/p+1/b59-57+,67-65+,75-73+. The SMILES string of the molecule is CCCCCCCCCCCCCCCCCCCC/C=C/CC/C=C/CC/C=C/C(O)C(COP(=O)(O)OCC[N+](C)(C)C)NC(=O)CCCCCCCCCCCCCCCCCCCCCCCCCCCCCCCCCCCCCCCCCCC. The summed E-state index contributed by atoms with van der Waals surface area (Å²) in [6.45, 7) is 4.86. The van der Waals surface area contributed by atoms with E-state index in [1.807, 2.05) is 27.2 Å². The molecule has 0 aliphatic carbocycles. The second kappa shape index (κ2) is 73.0. The van der Waals surface area contributed by atoms with Gasteiger partial charge in [-0.25, -0.2) is 4.57 Å². The van der Waals surface area contributed by atoms with E-state index in [1.165, 1.54) is 366 Å². The van der Waals surface area contributed by atoms with Gasteiger partial charge in [-0.15, -0.1) is 0 Å². The average molecular weight is 1300 g/mol. The normalized spacial score (nSPS) is 13.6. The molecule has 3 N–H and O–H groups in total. The van der Waals surface area contributed by atoms with E-state index in [0.29, 0.717) is 17.4 Å². The van der Waals surface area contributed by atoms with Gasteiger partial charge < -0.3 is 19.8 Å². The summed E-state index contributed by atoms with van der Waals surface area (Å²) in [6.07, 6.45) is 99.4. The third kappa shape index (κ3) is 76.0. The first-order chi connectivity index (χ1) is 44.5. The molecule has 0 aliphatic rings. The van der Waals surface area contributed by atoms with Gasteiger partial charge in [-0.2, -0.15) is 0 Å². The van der Waals surface area contributed by atoms with E-state index in [2.05, 4.69) is 43.5 Å². The number of unbranched alkanes of at least 4 members (excludes halogenated alkanes) is 60. The first kappa shape index (κ1) is 89.7. The molecule has 0 aliphatic heterocycles. The van der Waals surface area contributed by atoms with Crippen LogP contribution in [0.1, 0.15) is 431 Å². The lowest BCUT2D eigenvalue weighted by Gasteiger charge is -2.25. The zero-order chi connectivity index (χ0) is 66.2. The van der Waals surface area contributed by atoms with Crippen LogP contribution in [0.3, 0.4) is 0 Å². The van der Waals surface area contributed by atoms with Crippen molar-refractivity contribution in [3.8, 4) is 0 Å². The molecule has 0 radical (unpaired) electrons. The van der Waals surface area contributed by atoms with Crippen LogP contribution in [0, 0.1) is 0 Å². The van der Waals surface area contributed by atoms with Gasteiger partial charge in [0.15, 0.2) is 0 Å². The van der Waals surface area contributed by atoms with Crippen molar-refractivity contribution in [3.63, 3.8) is 0 Å². The van der Waals surface area contributed by atoms with Crippen LogP contribution in [0.5, 0.6) is 0 Å². The molecule has 8 nitrogen and oxygen atoms in total. The Labute approximate surface area is 569 Å². The number of carbonyl (C=O) groups excluding carboxylic acids is 1. The van der Waals surface area contributed by atoms with Gasteiger partial charge in [0.1, 0.15) is 13.2 Å². The molecule has 1 amide bonds. The molecule has 0 saturated heterocycles. The number of aliphatic hydroxyl groups excluding tert-OH is 1. The largest absolute Gasteiger partial charge is 0.472 e. The Kier molecular flexibility index (Phi) is 72.0. The second-order valence-corrected chi connectivity index (χ2v) is 30.9. The molecule has 0 fully saturated rings. The lowest BCUT2D eigenvalue weighted by Crippen LogP contribution is -2.45. The maximum atomic E-state index is 13.1. The Morgan fingerprint density at radius 1 is 0.363 bits per heavy atom. The Morgan fingerprint density at radius 3 is 0.879 bits per heavy atom. The van der Waals surface area contributed by atoms with E-state index in [-0.39, 0.29) is 19.1 Å². The molecule has 0 rings (SSSR count). The van der Waals surface area contributed by atoms with Gasteiger partial charge in [-0.05, 0) is 44.9 Å². The Hall–Kier alpha value is -1.28. The quantitative estimate of drug-likeness (QED) is 0.0243. The smallest absolute Gasteiger partial charge is 0.387 e. The highest BCUT2D eigenvalue weighted by atomic mass is 31.2. The number of quaternary nitrogens is 1. The van der Waals surface area contributed by atoms with Gasteiger partial charge >= 0.3 is 7.82 Å². The summed E-state index contributed by atoms with van der Waals surface area (Å²) >= 11 is 0. The first-order valence-corrected chi connectivity index (χ1v) is 42.4. The molecule has 0 aromatic carbocycles. The zero-order valence-electron chi connectivity index (χ0n) is 62.1. The van der Waals surface area contributed by atoms with Crippen LogP contribution in [0.25, 0.3) is 0 Å². The maximum Gasteiger partial charge on any atom is 0.472 e. The molecule has 0 aromatic heterocycles. The van der Waals surface area contributed by atoms with E-state index in [4.69, 9.17) is 9.05 Å². The van der Waals surface area contributed by atoms with Crippen molar-refractivity contribution in [2.24, 2.45) is 0 Å². The first-order valence-electron chi connectivity index (χ1n) is 40.9. The minimum atomic E-state index is -4.37. The molecule has 540 valence electrons. The van der Waals surface area contributed by atoms with Crippen molar-refractivity contribution < 1.29 is 32.9 Å². The molecule has 9 heteroatoms. The van der Waals surface area contributed by atoms with Gasteiger partial charge in [0, 0.05) is 6.42 Å². The summed E-state index contributed by atoms with van der Waals surface area (Å²) in [4.78, 5) is 23.5. The number of hydrogen-bond acceptors (Lipinski definition) is 5. The number of nitrogens with one attached hydrogen (secondary N) is 1. The summed E-state index contributed by atoms with van der Waals surface area (Å²) < 4.78 is 23.8. The zero-order valence-corrected chi connectivity index (χ0v) is 63.0. The molecule has 0 saturated carbocycles. The van der Waals surface area contributed by atoms with Gasteiger partial charge in [0.2, 0.25) is 5.91 Å². The highest BCUT2D eigenvalue weighted by Crippen LogP contribution is 2.43. The molecular formula is C82H162N2O6P+. The minimum Gasteiger partial charge on any atom is -0.387 e. The third-order valence-corrected chi connectivity index (χ3v) is 20.1. The molecule has 0 aromatic rings. The number of allylic oxidation sites excluding steroid dienone is 5. The van der Waals surface area contributed by atoms with Crippen molar-refractivity contribution in [2.45, 2.75) is 443 Å². The number of phosphoric acid groups is 1. The van der Waals surface area contributed by atoms with Crippen LogP contribution in [0.2, 0.25) is 0 Å². The van der Waals surface area contributed by atoms with Crippen molar-refractivity contribution >= 4 is 13.7 Å². The van der Waals surface area contributed by atoms with Crippen LogP contribution in [-0.2, 0) is 18.4 Å². The number of aliphatic hydroxyl groups is 1. The predicted octanol–water partition coefficient (Wildman–Crippen LogP) is 26.7. The molecule has 0 heterocycles. The highest BCUT2D eigenvalue weighted by molar-refractivity contribution is 7.47. The fourth-order valence-electron chi connectivity index (χ4n) is 12.8. The van der Waals surface area contributed by atoms with Crippen molar-refractivity contribution in [2.75, 3.05) is 40.9 Å². The lowest BCUT2D eigenvalue weighted by atomic mass is 10.0. The van der Waals surface area contributed by atoms with Gasteiger partial charge in [-0.1, -0.05) is 416 Å². The number of amides is 1. The number of likely N-dealkylation sites (N-methyl/N-ethyl adjacent to an activating group) is 1. The van der Waals surface area contributed by atoms with E-state index in [1.54, 1.807) is 6.08 Å². The van der Waals surface area contributed by atoms with E-state index in [0.717, 1.165) is 44.9 Å². The summed E-state index contributed by atoms with van der Waals surface area (Å²) in [5.41, 5.74) is 0. The topological polar surface area (TPSA) is 105 Å². The second-order valence-electron chi connectivity index (χ2n) is 29.5. The van der Waals surface area contributed by atoms with Crippen LogP contribution >= 0.6 is 7.82 Å². The Balaban J connectivity index is 3.93. The summed E-state index contributed by atoms with van der Waals surface area (Å²) in [7, 11) is 1.57. The maximum absolute atomic E-state index is 13.1. The van der Waals surface area contributed by atoms with Gasteiger partial charge in [0.05, 0.1) is 39.9 Å². The Bertz CT molecular complexity index is 1580. The van der Waals surface area contributed by atoms with E-state index >= 15 is 0 Å².